The third-order valence-electron chi connectivity index (χ3n) is 6.35. The molecule has 0 bridgehead atoms. The molecule has 4 rings (SSSR count). The molecule has 0 aromatic heterocycles. The zero-order valence-electron chi connectivity index (χ0n) is 21.0. The number of aryl methyl sites for hydroxylation is 2. The van der Waals surface area contributed by atoms with Crippen LogP contribution in [-0.4, -0.2) is 11.9 Å². The number of benzene rings is 4. The van der Waals surface area contributed by atoms with E-state index in [2.05, 4.69) is 13.8 Å². The predicted octanol–water partition coefficient (Wildman–Crippen LogP) is 7.35. The van der Waals surface area contributed by atoms with Crippen LogP contribution in [0.2, 0.25) is 0 Å². The van der Waals surface area contributed by atoms with Gasteiger partial charge in [0, 0.05) is 5.41 Å². The topological polar surface area (TPSA) is 52.6 Å². The third-order valence-corrected chi connectivity index (χ3v) is 6.35. The fourth-order valence-corrected chi connectivity index (χ4v) is 4.52. The summed E-state index contributed by atoms with van der Waals surface area (Å²) in [6, 6.07) is 22.0. The number of esters is 2. The molecule has 0 saturated heterocycles. The Morgan fingerprint density at radius 3 is 1.35 bits per heavy atom. The Balaban J connectivity index is 1.54. The van der Waals surface area contributed by atoms with Crippen LogP contribution in [0.3, 0.4) is 0 Å². The minimum atomic E-state index is -0.763. The molecule has 0 heterocycles. The summed E-state index contributed by atoms with van der Waals surface area (Å²) < 4.78 is 38.7. The van der Waals surface area contributed by atoms with Crippen LogP contribution in [0.15, 0.2) is 84.9 Å². The Bertz CT molecular complexity index is 1380. The van der Waals surface area contributed by atoms with Crippen LogP contribution >= 0.6 is 0 Å². The van der Waals surface area contributed by atoms with E-state index in [1.807, 2.05) is 26.0 Å². The molecule has 0 unspecified atom stereocenters. The first-order valence-corrected chi connectivity index (χ1v) is 11.7. The Kier molecular flexibility index (Phi) is 7.21. The van der Waals surface area contributed by atoms with Crippen molar-refractivity contribution in [2.45, 2.75) is 33.1 Å². The third kappa shape index (κ3) is 5.43. The summed E-state index contributed by atoms with van der Waals surface area (Å²) >= 11 is 0. The number of rotatable bonds is 6. The highest BCUT2D eigenvalue weighted by Gasteiger charge is 2.27. The van der Waals surface area contributed by atoms with Crippen molar-refractivity contribution in [2.75, 3.05) is 0 Å². The molecule has 6 heteroatoms. The van der Waals surface area contributed by atoms with E-state index in [-0.39, 0.29) is 11.1 Å². The average molecular weight is 501 g/mol. The maximum Gasteiger partial charge on any atom is 0.346 e. The summed E-state index contributed by atoms with van der Waals surface area (Å²) in [6.45, 7) is 7.95. The summed E-state index contributed by atoms with van der Waals surface area (Å²) in [5, 5.41) is 0. The van der Waals surface area contributed by atoms with Crippen molar-refractivity contribution in [1.29, 1.82) is 0 Å². The molecule has 0 fully saturated rings. The minimum absolute atomic E-state index is 0.129. The van der Waals surface area contributed by atoms with Crippen LogP contribution in [0, 0.1) is 25.5 Å². The molecule has 0 saturated carbocycles. The van der Waals surface area contributed by atoms with Crippen molar-refractivity contribution >= 4 is 11.9 Å². The van der Waals surface area contributed by atoms with E-state index in [4.69, 9.17) is 9.47 Å². The van der Waals surface area contributed by atoms with Crippen molar-refractivity contribution < 1.29 is 27.8 Å². The van der Waals surface area contributed by atoms with Crippen LogP contribution < -0.4 is 9.47 Å². The first-order valence-electron chi connectivity index (χ1n) is 11.7. The maximum absolute atomic E-state index is 13.9. The molecule has 4 aromatic carbocycles. The van der Waals surface area contributed by atoms with Gasteiger partial charge in [-0.25, -0.2) is 18.4 Å². The van der Waals surface area contributed by atoms with Gasteiger partial charge in [0.15, 0.2) is 0 Å². The highest BCUT2D eigenvalue weighted by atomic mass is 19.1. The van der Waals surface area contributed by atoms with Gasteiger partial charge in [0.1, 0.15) is 23.1 Å². The van der Waals surface area contributed by atoms with Gasteiger partial charge in [-0.3, -0.25) is 0 Å². The van der Waals surface area contributed by atoms with Crippen molar-refractivity contribution in [3.8, 4) is 11.5 Å². The van der Waals surface area contributed by atoms with E-state index >= 15 is 0 Å². The van der Waals surface area contributed by atoms with E-state index in [9.17, 15) is 18.4 Å². The molecule has 4 aromatic rings. The van der Waals surface area contributed by atoms with Gasteiger partial charge >= 0.3 is 11.9 Å². The molecule has 0 spiro atoms. The number of carbonyl (C=O) groups is 2. The molecule has 0 atom stereocenters. The second kappa shape index (κ2) is 10.3. The molecular formula is C31H26F2O4. The van der Waals surface area contributed by atoms with Crippen LogP contribution in [-0.2, 0) is 5.41 Å². The first kappa shape index (κ1) is 25.8. The monoisotopic (exact) mass is 500 g/mol. The molecule has 0 N–H and O–H groups in total. The minimum Gasteiger partial charge on any atom is -0.423 e. The lowest BCUT2D eigenvalue weighted by molar-refractivity contribution is 0.0720. The lowest BCUT2D eigenvalue weighted by atomic mass is 9.74. The molecular weight excluding hydrogens is 474 g/mol. The second-order valence-electron chi connectivity index (χ2n) is 9.32. The van der Waals surface area contributed by atoms with E-state index in [1.54, 1.807) is 36.4 Å². The zero-order chi connectivity index (χ0) is 26.7. The zero-order valence-corrected chi connectivity index (χ0v) is 21.0. The Labute approximate surface area is 214 Å². The normalized spacial score (nSPS) is 11.2. The molecule has 0 aliphatic heterocycles. The SMILES string of the molecule is Cc1cc(OC(=O)c2ccccc2F)ccc1C(C)(C)c1ccc(OC(=O)c2ccccc2F)cc1C. The standard InChI is InChI=1S/C31H26F2O4/c1-19-17-21(36-29(34)23-9-5-7-11-27(23)32)13-15-25(19)31(3,4)26-16-14-22(18-20(26)2)37-30(35)24-10-6-8-12-28(24)33/h5-18H,1-4H3. The Morgan fingerprint density at radius 1 is 0.622 bits per heavy atom. The van der Waals surface area contributed by atoms with Crippen LogP contribution in [0.5, 0.6) is 11.5 Å². The average Bonchev–Trinajstić information content (AvgIpc) is 2.84. The number of hydrogen-bond acceptors (Lipinski definition) is 4. The Morgan fingerprint density at radius 2 is 1.00 bits per heavy atom. The fraction of sp³-hybridized carbons (Fsp3) is 0.161. The van der Waals surface area contributed by atoms with Gasteiger partial charge in [0.25, 0.3) is 0 Å². The lowest BCUT2D eigenvalue weighted by Crippen LogP contribution is -2.22. The largest absolute Gasteiger partial charge is 0.423 e. The van der Waals surface area contributed by atoms with Gasteiger partial charge in [-0.1, -0.05) is 50.2 Å². The van der Waals surface area contributed by atoms with Crippen molar-refractivity contribution in [3.05, 3.63) is 130 Å². The number of hydrogen-bond donors (Lipinski definition) is 0. The molecule has 0 aliphatic carbocycles. The summed E-state index contributed by atoms with van der Waals surface area (Å²) in [4.78, 5) is 24.8. The van der Waals surface area contributed by atoms with E-state index in [0.717, 1.165) is 22.3 Å². The smallest absolute Gasteiger partial charge is 0.346 e. The molecule has 37 heavy (non-hydrogen) atoms. The summed E-state index contributed by atoms with van der Waals surface area (Å²) in [5.74, 6) is -2.17. The maximum atomic E-state index is 13.9. The van der Waals surface area contributed by atoms with Crippen LogP contribution in [0.1, 0.15) is 56.8 Å². The lowest BCUT2D eigenvalue weighted by Gasteiger charge is -2.30. The van der Waals surface area contributed by atoms with E-state index in [0.29, 0.717) is 11.5 Å². The number of ether oxygens (including phenoxy) is 2. The van der Waals surface area contributed by atoms with E-state index < -0.39 is 29.0 Å². The molecule has 0 amide bonds. The van der Waals surface area contributed by atoms with Crippen molar-refractivity contribution in [3.63, 3.8) is 0 Å². The van der Waals surface area contributed by atoms with Gasteiger partial charge in [-0.05, 0) is 84.6 Å². The summed E-state index contributed by atoms with van der Waals surface area (Å²) in [5.41, 5.74) is 3.06. The van der Waals surface area contributed by atoms with Crippen molar-refractivity contribution in [1.82, 2.24) is 0 Å². The van der Waals surface area contributed by atoms with E-state index in [1.165, 1.54) is 36.4 Å². The van der Waals surface area contributed by atoms with Gasteiger partial charge in [-0.2, -0.15) is 0 Å². The van der Waals surface area contributed by atoms with Gasteiger partial charge in [0.05, 0.1) is 11.1 Å². The summed E-state index contributed by atoms with van der Waals surface area (Å²) in [7, 11) is 0. The van der Waals surface area contributed by atoms with Gasteiger partial charge < -0.3 is 9.47 Å². The first-order chi connectivity index (χ1) is 17.6. The Hall–Kier alpha value is -4.32. The molecule has 4 nitrogen and oxygen atoms in total. The van der Waals surface area contributed by atoms with Gasteiger partial charge in [0.2, 0.25) is 0 Å². The molecule has 188 valence electrons. The number of carbonyl (C=O) groups excluding carboxylic acids is 2. The highest BCUT2D eigenvalue weighted by molar-refractivity contribution is 5.92. The highest BCUT2D eigenvalue weighted by Crippen LogP contribution is 2.38. The predicted molar refractivity (Wildman–Crippen MR) is 137 cm³/mol. The quantitative estimate of drug-likeness (QED) is 0.205. The van der Waals surface area contributed by atoms with Crippen LogP contribution in [0.4, 0.5) is 8.78 Å². The molecule has 0 aliphatic rings. The van der Waals surface area contributed by atoms with Gasteiger partial charge in [-0.15, -0.1) is 0 Å². The van der Waals surface area contributed by atoms with Crippen molar-refractivity contribution in [2.24, 2.45) is 0 Å². The fourth-order valence-electron chi connectivity index (χ4n) is 4.52. The second-order valence-corrected chi connectivity index (χ2v) is 9.32. The molecule has 0 radical (unpaired) electrons. The van der Waals surface area contributed by atoms with Crippen LogP contribution in [0.25, 0.3) is 0 Å². The summed E-state index contributed by atoms with van der Waals surface area (Å²) in [6.07, 6.45) is 0. The number of halogens is 2.